The Balaban J connectivity index is 1.94. The third kappa shape index (κ3) is 3.01. The molecule has 1 unspecified atom stereocenters. The van der Waals surface area contributed by atoms with Gasteiger partial charge in [0.1, 0.15) is 5.82 Å². The molecule has 0 amide bonds. The normalized spacial score (nSPS) is 19.6. The summed E-state index contributed by atoms with van der Waals surface area (Å²) >= 11 is 0. The topological polar surface area (TPSA) is 38.5 Å². The van der Waals surface area contributed by atoms with Crippen LogP contribution < -0.4 is 5.73 Å². The first-order valence-corrected chi connectivity index (χ1v) is 5.57. The SMILES string of the molecule is NC(CN1CCOCC1)c1cccc(F)c1. The second kappa shape index (κ2) is 5.39. The molecule has 3 nitrogen and oxygen atoms in total. The Bertz CT molecular complexity index is 340. The second-order valence-electron chi connectivity index (χ2n) is 4.07. The molecule has 16 heavy (non-hydrogen) atoms. The Hall–Kier alpha value is -0.970. The van der Waals surface area contributed by atoms with Crippen LogP contribution in [0.15, 0.2) is 24.3 Å². The first-order valence-electron chi connectivity index (χ1n) is 5.57. The molecule has 1 saturated heterocycles. The van der Waals surface area contributed by atoms with Crippen LogP contribution in [0.4, 0.5) is 4.39 Å². The largest absolute Gasteiger partial charge is 0.379 e. The van der Waals surface area contributed by atoms with E-state index >= 15 is 0 Å². The fourth-order valence-corrected chi connectivity index (χ4v) is 1.90. The van der Waals surface area contributed by atoms with Gasteiger partial charge in [-0.25, -0.2) is 4.39 Å². The molecule has 0 bridgehead atoms. The molecule has 1 atom stereocenters. The highest BCUT2D eigenvalue weighted by Crippen LogP contribution is 2.13. The molecule has 2 rings (SSSR count). The van der Waals surface area contributed by atoms with E-state index in [-0.39, 0.29) is 11.9 Å². The van der Waals surface area contributed by atoms with Gasteiger partial charge in [-0.2, -0.15) is 0 Å². The van der Waals surface area contributed by atoms with E-state index in [1.54, 1.807) is 6.07 Å². The van der Waals surface area contributed by atoms with Crippen LogP contribution in [0, 0.1) is 5.82 Å². The lowest BCUT2D eigenvalue weighted by Crippen LogP contribution is -2.40. The van der Waals surface area contributed by atoms with Gasteiger partial charge in [0.05, 0.1) is 13.2 Å². The molecule has 4 heteroatoms. The predicted molar refractivity (Wildman–Crippen MR) is 60.6 cm³/mol. The van der Waals surface area contributed by atoms with E-state index in [4.69, 9.17) is 10.5 Å². The summed E-state index contributed by atoms with van der Waals surface area (Å²) in [5.74, 6) is -0.227. The van der Waals surface area contributed by atoms with Crippen molar-refractivity contribution in [1.82, 2.24) is 4.90 Å². The minimum atomic E-state index is -0.227. The molecule has 0 saturated carbocycles. The zero-order valence-corrected chi connectivity index (χ0v) is 9.23. The molecule has 0 aromatic heterocycles. The number of morpholine rings is 1. The molecule has 1 aliphatic heterocycles. The summed E-state index contributed by atoms with van der Waals surface area (Å²) in [7, 11) is 0. The number of hydrogen-bond acceptors (Lipinski definition) is 3. The number of halogens is 1. The van der Waals surface area contributed by atoms with E-state index in [2.05, 4.69) is 4.90 Å². The summed E-state index contributed by atoms with van der Waals surface area (Å²) in [6.07, 6.45) is 0. The highest BCUT2D eigenvalue weighted by molar-refractivity contribution is 5.20. The summed E-state index contributed by atoms with van der Waals surface area (Å²) < 4.78 is 18.3. The van der Waals surface area contributed by atoms with E-state index < -0.39 is 0 Å². The molecule has 1 fully saturated rings. The Labute approximate surface area is 95.0 Å². The third-order valence-electron chi connectivity index (χ3n) is 2.84. The van der Waals surface area contributed by atoms with E-state index in [0.717, 1.165) is 38.4 Å². The lowest BCUT2D eigenvalue weighted by molar-refractivity contribution is 0.0352. The third-order valence-corrected chi connectivity index (χ3v) is 2.84. The van der Waals surface area contributed by atoms with Crippen LogP contribution in [-0.4, -0.2) is 37.7 Å². The van der Waals surface area contributed by atoms with Crippen LogP contribution in [0.1, 0.15) is 11.6 Å². The number of ether oxygens (including phenoxy) is 1. The van der Waals surface area contributed by atoms with E-state index in [0.29, 0.717) is 0 Å². The maximum Gasteiger partial charge on any atom is 0.123 e. The molecule has 1 aliphatic rings. The fraction of sp³-hybridized carbons (Fsp3) is 0.500. The lowest BCUT2D eigenvalue weighted by atomic mass is 10.1. The summed E-state index contributed by atoms with van der Waals surface area (Å²) in [6, 6.07) is 6.38. The van der Waals surface area contributed by atoms with Crippen molar-refractivity contribution >= 4 is 0 Å². The molecular weight excluding hydrogens is 207 g/mol. The van der Waals surface area contributed by atoms with Gasteiger partial charge in [-0.3, -0.25) is 4.90 Å². The number of rotatable bonds is 3. The van der Waals surface area contributed by atoms with E-state index in [1.165, 1.54) is 12.1 Å². The Morgan fingerprint density at radius 2 is 2.12 bits per heavy atom. The molecule has 1 aromatic carbocycles. The Morgan fingerprint density at radius 1 is 1.38 bits per heavy atom. The zero-order valence-electron chi connectivity index (χ0n) is 9.23. The Morgan fingerprint density at radius 3 is 2.81 bits per heavy atom. The van der Waals surface area contributed by atoms with Crippen molar-refractivity contribution in [2.75, 3.05) is 32.8 Å². The summed E-state index contributed by atoms with van der Waals surface area (Å²) in [4.78, 5) is 2.25. The molecule has 0 aliphatic carbocycles. The molecular formula is C12H17FN2O. The van der Waals surface area contributed by atoms with Gasteiger partial charge < -0.3 is 10.5 Å². The molecule has 0 radical (unpaired) electrons. The minimum Gasteiger partial charge on any atom is -0.379 e. The monoisotopic (exact) mass is 224 g/mol. The maximum atomic E-state index is 13.0. The number of hydrogen-bond donors (Lipinski definition) is 1. The number of nitrogens with two attached hydrogens (primary N) is 1. The van der Waals surface area contributed by atoms with Crippen LogP contribution in [0.3, 0.4) is 0 Å². The van der Waals surface area contributed by atoms with Crippen molar-refractivity contribution in [2.24, 2.45) is 5.73 Å². The van der Waals surface area contributed by atoms with Gasteiger partial charge in [-0.05, 0) is 17.7 Å². The van der Waals surface area contributed by atoms with Crippen molar-refractivity contribution in [3.05, 3.63) is 35.6 Å². The Kier molecular flexibility index (Phi) is 3.88. The van der Waals surface area contributed by atoms with Crippen molar-refractivity contribution < 1.29 is 9.13 Å². The van der Waals surface area contributed by atoms with Crippen molar-refractivity contribution in [3.8, 4) is 0 Å². The summed E-state index contributed by atoms with van der Waals surface area (Å²) in [5.41, 5.74) is 6.90. The van der Waals surface area contributed by atoms with E-state index in [1.807, 2.05) is 6.07 Å². The highest BCUT2D eigenvalue weighted by atomic mass is 19.1. The van der Waals surface area contributed by atoms with Gasteiger partial charge in [-0.15, -0.1) is 0 Å². The van der Waals surface area contributed by atoms with Crippen molar-refractivity contribution in [2.45, 2.75) is 6.04 Å². The van der Waals surface area contributed by atoms with Crippen LogP contribution in [-0.2, 0) is 4.74 Å². The molecule has 1 heterocycles. The van der Waals surface area contributed by atoms with Gasteiger partial charge in [0.15, 0.2) is 0 Å². The average Bonchev–Trinajstić information content (AvgIpc) is 2.30. The molecule has 0 spiro atoms. The molecule has 2 N–H and O–H groups in total. The lowest BCUT2D eigenvalue weighted by Gasteiger charge is -2.29. The maximum absolute atomic E-state index is 13.0. The van der Waals surface area contributed by atoms with Crippen LogP contribution in [0.25, 0.3) is 0 Å². The minimum absolute atomic E-state index is 0.131. The summed E-state index contributed by atoms with van der Waals surface area (Å²) in [5, 5.41) is 0. The molecule has 88 valence electrons. The highest BCUT2D eigenvalue weighted by Gasteiger charge is 2.15. The average molecular weight is 224 g/mol. The van der Waals surface area contributed by atoms with Gasteiger partial charge in [-0.1, -0.05) is 12.1 Å². The van der Waals surface area contributed by atoms with Gasteiger partial charge >= 0.3 is 0 Å². The smallest absolute Gasteiger partial charge is 0.123 e. The quantitative estimate of drug-likeness (QED) is 0.837. The predicted octanol–water partition coefficient (Wildman–Crippen LogP) is 1.16. The van der Waals surface area contributed by atoms with Crippen molar-refractivity contribution in [3.63, 3.8) is 0 Å². The standard InChI is InChI=1S/C12H17FN2O/c13-11-3-1-2-10(8-11)12(14)9-15-4-6-16-7-5-15/h1-3,8,12H,4-7,9,14H2. The van der Waals surface area contributed by atoms with Gasteiger partial charge in [0, 0.05) is 25.7 Å². The van der Waals surface area contributed by atoms with Gasteiger partial charge in [0.25, 0.3) is 0 Å². The summed E-state index contributed by atoms with van der Waals surface area (Å²) in [6.45, 7) is 4.09. The second-order valence-corrected chi connectivity index (χ2v) is 4.07. The van der Waals surface area contributed by atoms with Crippen LogP contribution in [0.2, 0.25) is 0 Å². The van der Waals surface area contributed by atoms with Crippen molar-refractivity contribution in [1.29, 1.82) is 0 Å². The number of nitrogens with zero attached hydrogens (tertiary/aromatic N) is 1. The fourth-order valence-electron chi connectivity index (χ4n) is 1.90. The van der Waals surface area contributed by atoms with Crippen LogP contribution >= 0.6 is 0 Å². The van der Waals surface area contributed by atoms with Gasteiger partial charge in [0.2, 0.25) is 0 Å². The van der Waals surface area contributed by atoms with E-state index in [9.17, 15) is 4.39 Å². The number of benzene rings is 1. The van der Waals surface area contributed by atoms with Crippen LogP contribution in [0.5, 0.6) is 0 Å². The first-order chi connectivity index (χ1) is 7.75. The first kappa shape index (κ1) is 11.5. The zero-order chi connectivity index (χ0) is 11.4. The molecule has 1 aromatic rings.